The molecule has 1 N–H and O–H groups in total. The van der Waals surface area contributed by atoms with E-state index in [0.717, 1.165) is 20.1 Å². The average molecular weight is 391 g/mol. The Kier molecular flexibility index (Phi) is 4.84. The maximum absolute atomic E-state index is 10.4. The van der Waals surface area contributed by atoms with E-state index in [9.17, 15) is 5.11 Å². The molecule has 2 atom stereocenters. The second-order valence-electron chi connectivity index (χ2n) is 3.89. The van der Waals surface area contributed by atoms with Crippen molar-refractivity contribution in [3.63, 3.8) is 0 Å². The Hall–Kier alpha value is -0.350. The van der Waals surface area contributed by atoms with Gasteiger partial charge in [-0.15, -0.1) is 11.6 Å². The summed E-state index contributed by atoms with van der Waals surface area (Å²) >= 11 is 13.2. The number of aliphatic hydroxyl groups is 1. The van der Waals surface area contributed by atoms with Crippen LogP contribution >= 0.6 is 43.5 Å². The average Bonchev–Trinajstić information content (AvgIpc) is 2.38. The van der Waals surface area contributed by atoms with Gasteiger partial charge in [-0.1, -0.05) is 68.3 Å². The van der Waals surface area contributed by atoms with Crippen molar-refractivity contribution in [2.24, 2.45) is 0 Å². The molecule has 0 bridgehead atoms. The third-order valence-electron chi connectivity index (χ3n) is 2.70. The minimum Gasteiger partial charge on any atom is -0.386 e. The third-order valence-corrected chi connectivity index (χ3v) is 4.62. The highest BCUT2D eigenvalue weighted by atomic mass is 79.9. The Labute approximate surface area is 128 Å². The van der Waals surface area contributed by atoms with Crippen LogP contribution in [-0.4, -0.2) is 5.11 Å². The quantitative estimate of drug-likeness (QED) is 0.712. The molecule has 2 rings (SSSR count). The van der Waals surface area contributed by atoms with Gasteiger partial charge in [0.05, 0.1) is 5.38 Å². The van der Waals surface area contributed by atoms with Crippen molar-refractivity contribution in [3.8, 4) is 0 Å². The van der Waals surface area contributed by atoms with Crippen LogP contribution in [0.4, 0.5) is 0 Å². The summed E-state index contributed by atoms with van der Waals surface area (Å²) in [5, 5.41) is 9.86. The number of aliphatic hydroxyl groups excluding tert-OH is 1. The summed E-state index contributed by atoms with van der Waals surface area (Å²) in [6.45, 7) is 0. The van der Waals surface area contributed by atoms with Gasteiger partial charge in [-0.05, 0) is 23.3 Å². The number of halogens is 3. The molecule has 0 aliphatic heterocycles. The monoisotopic (exact) mass is 388 g/mol. The molecule has 18 heavy (non-hydrogen) atoms. The molecule has 0 unspecified atom stereocenters. The Morgan fingerprint density at radius 1 is 0.833 bits per heavy atom. The Bertz CT molecular complexity index is 495. The summed E-state index contributed by atoms with van der Waals surface area (Å²) in [4.78, 5) is 0. The Morgan fingerprint density at radius 2 is 1.28 bits per heavy atom. The van der Waals surface area contributed by atoms with Crippen LogP contribution in [0, 0.1) is 0 Å². The zero-order valence-electron chi connectivity index (χ0n) is 9.35. The van der Waals surface area contributed by atoms with E-state index >= 15 is 0 Å². The van der Waals surface area contributed by atoms with Gasteiger partial charge in [0.2, 0.25) is 0 Å². The molecule has 0 amide bonds. The molecule has 2 aromatic carbocycles. The van der Waals surface area contributed by atoms with Crippen molar-refractivity contribution in [3.05, 3.63) is 68.6 Å². The van der Waals surface area contributed by atoms with Crippen molar-refractivity contribution in [2.75, 3.05) is 0 Å². The minimum absolute atomic E-state index is 0.501. The van der Waals surface area contributed by atoms with Gasteiger partial charge in [-0.25, -0.2) is 0 Å². The van der Waals surface area contributed by atoms with E-state index in [1.807, 2.05) is 48.5 Å². The van der Waals surface area contributed by atoms with Crippen LogP contribution in [0.25, 0.3) is 0 Å². The van der Waals surface area contributed by atoms with Crippen LogP contribution in [0.5, 0.6) is 0 Å². The summed E-state index contributed by atoms with van der Waals surface area (Å²) in [5.41, 5.74) is 1.66. The van der Waals surface area contributed by atoms with Crippen molar-refractivity contribution in [2.45, 2.75) is 11.5 Å². The van der Waals surface area contributed by atoms with Gasteiger partial charge in [0, 0.05) is 8.95 Å². The van der Waals surface area contributed by atoms with E-state index in [0.29, 0.717) is 0 Å². The summed E-state index contributed by atoms with van der Waals surface area (Å²) in [5.74, 6) is 0. The summed E-state index contributed by atoms with van der Waals surface area (Å²) in [6, 6.07) is 15.2. The molecule has 0 saturated carbocycles. The topological polar surface area (TPSA) is 20.2 Å². The van der Waals surface area contributed by atoms with E-state index in [-0.39, 0.29) is 0 Å². The number of benzene rings is 2. The predicted octanol–water partition coefficient (Wildman–Crippen LogP) is 5.23. The number of rotatable bonds is 3. The van der Waals surface area contributed by atoms with Crippen molar-refractivity contribution in [1.29, 1.82) is 0 Å². The van der Waals surface area contributed by atoms with Crippen molar-refractivity contribution >= 4 is 43.5 Å². The summed E-state index contributed by atoms with van der Waals surface area (Å²) in [7, 11) is 0. The highest BCUT2D eigenvalue weighted by molar-refractivity contribution is 9.10. The Morgan fingerprint density at radius 3 is 1.78 bits per heavy atom. The summed E-state index contributed by atoms with van der Waals surface area (Å²) in [6.07, 6.45) is -0.763. The summed E-state index contributed by atoms with van der Waals surface area (Å²) < 4.78 is 1.76. The normalized spacial score (nSPS) is 14.2. The molecule has 0 aliphatic carbocycles. The predicted molar refractivity (Wildman–Crippen MR) is 81.8 cm³/mol. The maximum atomic E-state index is 10.4. The fraction of sp³-hybridized carbons (Fsp3) is 0.143. The van der Waals surface area contributed by atoms with Crippen molar-refractivity contribution < 1.29 is 5.11 Å². The molecular formula is C14H11Br2ClO. The molecule has 2 aromatic rings. The van der Waals surface area contributed by atoms with Crippen LogP contribution in [0.1, 0.15) is 22.6 Å². The largest absolute Gasteiger partial charge is 0.386 e. The van der Waals surface area contributed by atoms with Crippen LogP contribution < -0.4 is 0 Å². The standard InChI is InChI=1S/C14H11Br2ClO/c15-11-7-3-1-5-9(11)13(17)14(18)10-6-2-4-8-12(10)16/h1-8,13-14,18H/t13-,14-/m0/s1. The van der Waals surface area contributed by atoms with Gasteiger partial charge < -0.3 is 5.11 Å². The van der Waals surface area contributed by atoms with Crippen LogP contribution in [0.3, 0.4) is 0 Å². The van der Waals surface area contributed by atoms with Crippen LogP contribution in [0.2, 0.25) is 0 Å². The van der Waals surface area contributed by atoms with E-state index in [4.69, 9.17) is 11.6 Å². The first-order chi connectivity index (χ1) is 8.61. The number of alkyl halides is 1. The fourth-order valence-corrected chi connectivity index (χ4v) is 3.25. The van der Waals surface area contributed by atoms with Gasteiger partial charge in [0.15, 0.2) is 0 Å². The first-order valence-electron chi connectivity index (χ1n) is 5.42. The van der Waals surface area contributed by atoms with Crippen LogP contribution in [0.15, 0.2) is 57.5 Å². The van der Waals surface area contributed by atoms with E-state index in [2.05, 4.69) is 31.9 Å². The molecule has 0 aromatic heterocycles. The molecule has 0 saturated heterocycles. The molecule has 0 fully saturated rings. The highest BCUT2D eigenvalue weighted by Gasteiger charge is 2.23. The molecule has 0 aliphatic rings. The number of hydrogen-bond acceptors (Lipinski definition) is 1. The first-order valence-corrected chi connectivity index (χ1v) is 7.44. The van der Waals surface area contributed by atoms with Gasteiger partial charge in [0.25, 0.3) is 0 Å². The smallest absolute Gasteiger partial charge is 0.101 e. The van der Waals surface area contributed by atoms with E-state index in [1.165, 1.54) is 0 Å². The first kappa shape index (κ1) is 14.1. The Balaban J connectivity index is 2.33. The second-order valence-corrected chi connectivity index (χ2v) is 6.07. The molecule has 4 heteroatoms. The van der Waals surface area contributed by atoms with Crippen LogP contribution in [-0.2, 0) is 0 Å². The molecule has 94 valence electrons. The van der Waals surface area contributed by atoms with Gasteiger partial charge in [-0.3, -0.25) is 0 Å². The lowest BCUT2D eigenvalue weighted by atomic mass is 10.0. The fourth-order valence-electron chi connectivity index (χ4n) is 1.74. The second kappa shape index (κ2) is 6.20. The number of hydrogen-bond donors (Lipinski definition) is 1. The van der Waals surface area contributed by atoms with E-state index < -0.39 is 11.5 Å². The highest BCUT2D eigenvalue weighted by Crippen LogP contribution is 2.39. The lowest BCUT2D eigenvalue weighted by Crippen LogP contribution is -2.06. The lowest BCUT2D eigenvalue weighted by molar-refractivity contribution is 0.171. The molecular weight excluding hydrogens is 379 g/mol. The van der Waals surface area contributed by atoms with Gasteiger partial charge >= 0.3 is 0 Å². The third kappa shape index (κ3) is 2.97. The van der Waals surface area contributed by atoms with Crippen molar-refractivity contribution in [1.82, 2.24) is 0 Å². The van der Waals surface area contributed by atoms with Gasteiger partial charge in [0.1, 0.15) is 6.10 Å². The molecule has 0 radical (unpaired) electrons. The maximum Gasteiger partial charge on any atom is 0.101 e. The van der Waals surface area contributed by atoms with Gasteiger partial charge in [-0.2, -0.15) is 0 Å². The van der Waals surface area contributed by atoms with E-state index in [1.54, 1.807) is 0 Å². The zero-order valence-corrected chi connectivity index (χ0v) is 13.3. The molecule has 1 nitrogen and oxygen atoms in total. The zero-order chi connectivity index (χ0) is 13.1. The lowest BCUT2D eigenvalue weighted by Gasteiger charge is -2.20. The molecule has 0 spiro atoms. The SMILES string of the molecule is O[C@@H](c1ccccc1Br)[C@@H](Cl)c1ccccc1Br. The minimum atomic E-state index is -0.763. The molecule has 0 heterocycles.